The molecule has 0 radical (unpaired) electrons. The molecule has 0 heterocycles. The molecular weight excluding hydrogens is 190 g/mol. The van der Waals surface area contributed by atoms with Crippen molar-refractivity contribution >= 4 is 11.6 Å². The van der Waals surface area contributed by atoms with Crippen LogP contribution < -0.4 is 5.32 Å². The summed E-state index contributed by atoms with van der Waals surface area (Å²) in [5.74, 6) is -0.146. The highest BCUT2D eigenvalue weighted by molar-refractivity contribution is 6.00. The third-order valence-electron chi connectivity index (χ3n) is 1.83. The van der Waals surface area contributed by atoms with Crippen LogP contribution in [0.25, 0.3) is 0 Å². The zero-order valence-electron chi connectivity index (χ0n) is 9.16. The van der Waals surface area contributed by atoms with Crippen molar-refractivity contribution in [2.24, 2.45) is 0 Å². The molecule has 0 aliphatic heterocycles. The number of carbonyl (C=O) groups is 1. The average molecular weight is 205 g/mol. The fourth-order valence-corrected chi connectivity index (χ4v) is 1.18. The standard InChI is InChI=1S/C12H15NO2/c1-8(2)6-12(15)13-10-7-9(3)4-5-11(10)14/h4-7,14H,1-3H3,(H,13,15). The quantitative estimate of drug-likeness (QED) is 0.576. The Hall–Kier alpha value is -1.77. The molecule has 0 spiro atoms. The maximum absolute atomic E-state index is 11.4. The number of aromatic hydroxyl groups is 1. The molecule has 3 nitrogen and oxygen atoms in total. The van der Waals surface area contributed by atoms with E-state index in [0.717, 1.165) is 11.1 Å². The smallest absolute Gasteiger partial charge is 0.248 e. The number of anilines is 1. The summed E-state index contributed by atoms with van der Waals surface area (Å²) in [6, 6.07) is 5.07. The maximum Gasteiger partial charge on any atom is 0.248 e. The lowest BCUT2D eigenvalue weighted by Crippen LogP contribution is -2.08. The lowest BCUT2D eigenvalue weighted by molar-refractivity contribution is -0.112. The first-order chi connectivity index (χ1) is 6.99. The van der Waals surface area contributed by atoms with E-state index >= 15 is 0 Å². The monoisotopic (exact) mass is 205 g/mol. The van der Waals surface area contributed by atoms with Crippen molar-refractivity contribution < 1.29 is 9.90 Å². The maximum atomic E-state index is 11.4. The Kier molecular flexibility index (Phi) is 3.50. The zero-order chi connectivity index (χ0) is 11.4. The van der Waals surface area contributed by atoms with Crippen LogP contribution in [-0.2, 0) is 4.79 Å². The van der Waals surface area contributed by atoms with Crippen LogP contribution in [-0.4, -0.2) is 11.0 Å². The highest BCUT2D eigenvalue weighted by atomic mass is 16.3. The van der Waals surface area contributed by atoms with E-state index in [9.17, 15) is 9.90 Å². The number of aryl methyl sites for hydroxylation is 1. The molecule has 2 N–H and O–H groups in total. The van der Waals surface area contributed by atoms with Crippen molar-refractivity contribution in [2.45, 2.75) is 20.8 Å². The molecule has 1 rings (SSSR count). The number of carbonyl (C=O) groups excluding carboxylic acids is 1. The minimum atomic E-state index is -0.226. The minimum absolute atomic E-state index is 0.0797. The molecule has 0 saturated heterocycles. The Labute approximate surface area is 89.4 Å². The largest absolute Gasteiger partial charge is 0.506 e. The highest BCUT2D eigenvalue weighted by Crippen LogP contribution is 2.23. The molecule has 0 bridgehead atoms. The summed E-state index contributed by atoms with van der Waals surface area (Å²) in [5, 5.41) is 12.1. The summed E-state index contributed by atoms with van der Waals surface area (Å²) in [5.41, 5.74) is 2.34. The van der Waals surface area contributed by atoms with Crippen molar-refractivity contribution in [1.29, 1.82) is 0 Å². The van der Waals surface area contributed by atoms with E-state index in [1.807, 2.05) is 20.8 Å². The molecule has 1 aromatic carbocycles. The van der Waals surface area contributed by atoms with Crippen LogP contribution >= 0.6 is 0 Å². The van der Waals surface area contributed by atoms with Crippen molar-refractivity contribution in [1.82, 2.24) is 0 Å². The number of hydrogen-bond acceptors (Lipinski definition) is 2. The van der Waals surface area contributed by atoms with E-state index in [-0.39, 0.29) is 11.7 Å². The van der Waals surface area contributed by atoms with Crippen molar-refractivity contribution in [3.8, 4) is 5.75 Å². The number of benzene rings is 1. The summed E-state index contributed by atoms with van der Waals surface area (Å²) in [7, 11) is 0. The van der Waals surface area contributed by atoms with Crippen LogP contribution in [0.1, 0.15) is 19.4 Å². The van der Waals surface area contributed by atoms with Gasteiger partial charge in [0.2, 0.25) is 5.91 Å². The number of allylic oxidation sites excluding steroid dienone is 1. The van der Waals surface area contributed by atoms with Gasteiger partial charge >= 0.3 is 0 Å². The number of nitrogens with one attached hydrogen (secondary N) is 1. The molecule has 0 fully saturated rings. The van der Waals surface area contributed by atoms with Gasteiger partial charge in [-0.15, -0.1) is 0 Å². The van der Waals surface area contributed by atoms with E-state index < -0.39 is 0 Å². The Morgan fingerprint density at radius 3 is 2.67 bits per heavy atom. The Bertz CT molecular complexity index is 404. The lowest BCUT2D eigenvalue weighted by atomic mass is 10.2. The zero-order valence-corrected chi connectivity index (χ0v) is 9.16. The number of phenolic OH excluding ortho intramolecular Hbond substituents is 1. The summed E-state index contributed by atoms with van der Waals surface area (Å²) >= 11 is 0. The fraction of sp³-hybridized carbons (Fsp3) is 0.250. The average Bonchev–Trinajstić information content (AvgIpc) is 2.10. The molecule has 0 saturated carbocycles. The van der Waals surface area contributed by atoms with Crippen LogP contribution in [0.15, 0.2) is 29.8 Å². The predicted octanol–water partition coefficient (Wildman–Crippen LogP) is 2.61. The Morgan fingerprint density at radius 1 is 1.40 bits per heavy atom. The topological polar surface area (TPSA) is 49.3 Å². The molecule has 1 amide bonds. The molecule has 3 heteroatoms. The van der Waals surface area contributed by atoms with E-state index in [1.54, 1.807) is 18.2 Å². The van der Waals surface area contributed by atoms with Crippen molar-refractivity contribution in [3.05, 3.63) is 35.4 Å². The number of amides is 1. The summed E-state index contributed by atoms with van der Waals surface area (Å²) in [6.07, 6.45) is 1.49. The van der Waals surface area contributed by atoms with Gasteiger partial charge in [0.15, 0.2) is 0 Å². The van der Waals surface area contributed by atoms with Crippen molar-refractivity contribution in [2.75, 3.05) is 5.32 Å². The van der Waals surface area contributed by atoms with Gasteiger partial charge in [0, 0.05) is 6.08 Å². The predicted molar refractivity (Wildman–Crippen MR) is 60.9 cm³/mol. The lowest BCUT2D eigenvalue weighted by Gasteiger charge is -2.06. The van der Waals surface area contributed by atoms with Gasteiger partial charge in [-0.3, -0.25) is 4.79 Å². The molecule has 0 aliphatic carbocycles. The van der Waals surface area contributed by atoms with Crippen LogP contribution in [0.3, 0.4) is 0 Å². The van der Waals surface area contributed by atoms with Gasteiger partial charge in [0.25, 0.3) is 0 Å². The number of rotatable bonds is 2. The van der Waals surface area contributed by atoms with Gasteiger partial charge in [-0.1, -0.05) is 11.6 Å². The Morgan fingerprint density at radius 2 is 2.07 bits per heavy atom. The molecule has 0 aliphatic rings. The number of phenols is 1. The molecule has 1 aromatic rings. The minimum Gasteiger partial charge on any atom is -0.506 e. The first kappa shape index (κ1) is 11.3. The van der Waals surface area contributed by atoms with E-state index in [1.165, 1.54) is 6.08 Å². The van der Waals surface area contributed by atoms with Gasteiger partial charge in [0.05, 0.1) is 5.69 Å². The third kappa shape index (κ3) is 3.46. The van der Waals surface area contributed by atoms with E-state index in [0.29, 0.717) is 5.69 Å². The molecular formula is C12H15NO2. The second-order valence-corrected chi connectivity index (χ2v) is 3.73. The second kappa shape index (κ2) is 4.64. The van der Waals surface area contributed by atoms with Gasteiger partial charge in [-0.2, -0.15) is 0 Å². The van der Waals surface area contributed by atoms with Gasteiger partial charge in [-0.05, 0) is 38.5 Å². The van der Waals surface area contributed by atoms with Crippen LogP contribution in [0.2, 0.25) is 0 Å². The summed E-state index contributed by atoms with van der Waals surface area (Å²) < 4.78 is 0. The summed E-state index contributed by atoms with van der Waals surface area (Å²) in [6.45, 7) is 5.58. The molecule has 0 unspecified atom stereocenters. The normalized spacial score (nSPS) is 9.53. The van der Waals surface area contributed by atoms with Crippen LogP contribution in [0, 0.1) is 6.92 Å². The first-order valence-electron chi connectivity index (χ1n) is 4.74. The SMILES string of the molecule is CC(C)=CC(=O)Nc1cc(C)ccc1O. The third-order valence-corrected chi connectivity index (χ3v) is 1.83. The fourth-order valence-electron chi connectivity index (χ4n) is 1.18. The van der Waals surface area contributed by atoms with Gasteiger partial charge < -0.3 is 10.4 Å². The number of hydrogen-bond donors (Lipinski definition) is 2. The van der Waals surface area contributed by atoms with Gasteiger partial charge in [0.1, 0.15) is 5.75 Å². The molecule has 15 heavy (non-hydrogen) atoms. The second-order valence-electron chi connectivity index (χ2n) is 3.73. The van der Waals surface area contributed by atoms with E-state index in [2.05, 4.69) is 5.32 Å². The molecule has 80 valence electrons. The van der Waals surface area contributed by atoms with Gasteiger partial charge in [-0.25, -0.2) is 0 Å². The highest BCUT2D eigenvalue weighted by Gasteiger charge is 2.03. The van der Waals surface area contributed by atoms with Crippen molar-refractivity contribution in [3.63, 3.8) is 0 Å². The summed E-state index contributed by atoms with van der Waals surface area (Å²) in [4.78, 5) is 11.4. The van der Waals surface area contributed by atoms with Crippen LogP contribution in [0.5, 0.6) is 5.75 Å². The molecule has 0 atom stereocenters. The van der Waals surface area contributed by atoms with Crippen LogP contribution in [0.4, 0.5) is 5.69 Å². The van der Waals surface area contributed by atoms with E-state index in [4.69, 9.17) is 0 Å². The Balaban J connectivity index is 2.85. The first-order valence-corrected chi connectivity index (χ1v) is 4.74. The molecule has 0 aromatic heterocycles.